The number of methoxy groups -OCH3 is 1. The molecule has 0 aliphatic heterocycles. The summed E-state index contributed by atoms with van der Waals surface area (Å²) in [6.45, 7) is 1.22. The lowest BCUT2D eigenvalue weighted by Gasteiger charge is -2.18. The summed E-state index contributed by atoms with van der Waals surface area (Å²) < 4.78 is 10.8. The SMILES string of the molecule is CNCC(COC)Oc1ccc(Cl)c(Cl)c1. The molecule has 0 aliphatic carbocycles. The number of halogens is 2. The van der Waals surface area contributed by atoms with Crippen LogP contribution < -0.4 is 10.1 Å². The fourth-order valence-corrected chi connectivity index (χ4v) is 1.58. The van der Waals surface area contributed by atoms with Crippen LogP contribution in [0.15, 0.2) is 18.2 Å². The first-order chi connectivity index (χ1) is 7.67. The molecule has 1 rings (SSSR count). The highest BCUT2D eigenvalue weighted by Gasteiger charge is 2.10. The minimum atomic E-state index is -0.0488. The molecule has 90 valence electrons. The highest BCUT2D eigenvalue weighted by molar-refractivity contribution is 6.42. The van der Waals surface area contributed by atoms with Gasteiger partial charge in [0, 0.05) is 19.7 Å². The Morgan fingerprint density at radius 1 is 1.31 bits per heavy atom. The van der Waals surface area contributed by atoms with E-state index in [1.54, 1.807) is 25.3 Å². The maximum atomic E-state index is 5.89. The van der Waals surface area contributed by atoms with Gasteiger partial charge in [-0.2, -0.15) is 0 Å². The van der Waals surface area contributed by atoms with Gasteiger partial charge in [-0.1, -0.05) is 23.2 Å². The molecule has 1 aromatic rings. The molecule has 0 amide bonds. The Labute approximate surface area is 106 Å². The molecule has 0 spiro atoms. The molecular weight excluding hydrogens is 249 g/mol. The van der Waals surface area contributed by atoms with Gasteiger partial charge >= 0.3 is 0 Å². The summed E-state index contributed by atoms with van der Waals surface area (Å²) in [5.41, 5.74) is 0. The summed E-state index contributed by atoms with van der Waals surface area (Å²) in [6, 6.07) is 5.19. The highest BCUT2D eigenvalue weighted by Crippen LogP contribution is 2.26. The van der Waals surface area contributed by atoms with Crippen LogP contribution in [0.4, 0.5) is 0 Å². The Balaban J connectivity index is 2.65. The van der Waals surface area contributed by atoms with Gasteiger partial charge in [0.1, 0.15) is 11.9 Å². The van der Waals surface area contributed by atoms with Gasteiger partial charge in [0.05, 0.1) is 16.7 Å². The van der Waals surface area contributed by atoms with Gasteiger partial charge < -0.3 is 14.8 Å². The normalized spacial score (nSPS) is 12.5. The van der Waals surface area contributed by atoms with Crippen molar-refractivity contribution in [2.75, 3.05) is 27.3 Å². The number of rotatable bonds is 6. The lowest BCUT2D eigenvalue weighted by atomic mass is 10.3. The van der Waals surface area contributed by atoms with Crippen LogP contribution in [0.2, 0.25) is 10.0 Å². The van der Waals surface area contributed by atoms with E-state index in [-0.39, 0.29) is 6.10 Å². The van der Waals surface area contributed by atoms with Gasteiger partial charge in [-0.3, -0.25) is 0 Å². The monoisotopic (exact) mass is 263 g/mol. The molecule has 0 saturated carbocycles. The van der Waals surface area contributed by atoms with Gasteiger partial charge in [-0.25, -0.2) is 0 Å². The molecular formula is C11H15Cl2NO2. The third kappa shape index (κ3) is 4.18. The van der Waals surface area contributed by atoms with Crippen LogP contribution in [0, 0.1) is 0 Å². The van der Waals surface area contributed by atoms with Crippen LogP contribution >= 0.6 is 23.2 Å². The Morgan fingerprint density at radius 2 is 2.06 bits per heavy atom. The van der Waals surface area contributed by atoms with Crippen molar-refractivity contribution < 1.29 is 9.47 Å². The molecule has 0 aromatic heterocycles. The van der Waals surface area contributed by atoms with Crippen molar-refractivity contribution in [1.29, 1.82) is 0 Å². The van der Waals surface area contributed by atoms with Crippen molar-refractivity contribution in [1.82, 2.24) is 5.32 Å². The smallest absolute Gasteiger partial charge is 0.134 e. The molecule has 1 unspecified atom stereocenters. The lowest BCUT2D eigenvalue weighted by molar-refractivity contribution is 0.0818. The molecule has 5 heteroatoms. The first-order valence-electron chi connectivity index (χ1n) is 4.92. The van der Waals surface area contributed by atoms with Crippen LogP contribution in [-0.4, -0.2) is 33.4 Å². The average molecular weight is 264 g/mol. The molecule has 0 heterocycles. The number of nitrogens with one attached hydrogen (secondary N) is 1. The van der Waals surface area contributed by atoms with E-state index in [1.165, 1.54) is 0 Å². The Hall–Kier alpha value is -0.480. The topological polar surface area (TPSA) is 30.5 Å². The van der Waals surface area contributed by atoms with Crippen molar-refractivity contribution in [3.05, 3.63) is 28.2 Å². The van der Waals surface area contributed by atoms with Crippen molar-refractivity contribution >= 4 is 23.2 Å². The van der Waals surface area contributed by atoms with Crippen LogP contribution in [0.25, 0.3) is 0 Å². The predicted molar refractivity (Wildman–Crippen MR) is 66.7 cm³/mol. The minimum Gasteiger partial charge on any atom is -0.487 e. The van der Waals surface area contributed by atoms with Crippen molar-refractivity contribution in [3.8, 4) is 5.75 Å². The van der Waals surface area contributed by atoms with E-state index in [1.807, 2.05) is 7.05 Å². The zero-order valence-electron chi connectivity index (χ0n) is 9.30. The van der Waals surface area contributed by atoms with E-state index in [0.29, 0.717) is 28.9 Å². The lowest BCUT2D eigenvalue weighted by Crippen LogP contribution is -2.33. The van der Waals surface area contributed by atoms with Crippen LogP contribution in [0.3, 0.4) is 0 Å². The van der Waals surface area contributed by atoms with Crippen LogP contribution in [-0.2, 0) is 4.74 Å². The Bertz CT molecular complexity index is 328. The minimum absolute atomic E-state index is 0.0488. The number of hydrogen-bond donors (Lipinski definition) is 1. The van der Waals surface area contributed by atoms with E-state index in [9.17, 15) is 0 Å². The molecule has 16 heavy (non-hydrogen) atoms. The van der Waals surface area contributed by atoms with Crippen molar-refractivity contribution in [2.45, 2.75) is 6.10 Å². The number of hydrogen-bond acceptors (Lipinski definition) is 3. The number of benzene rings is 1. The second-order valence-electron chi connectivity index (χ2n) is 3.33. The molecule has 1 aromatic carbocycles. The maximum absolute atomic E-state index is 5.89. The molecule has 0 fully saturated rings. The summed E-state index contributed by atoms with van der Waals surface area (Å²) in [6.07, 6.45) is -0.0488. The zero-order chi connectivity index (χ0) is 12.0. The fraction of sp³-hybridized carbons (Fsp3) is 0.455. The molecule has 1 atom stereocenters. The molecule has 1 N–H and O–H groups in total. The van der Waals surface area contributed by atoms with Crippen molar-refractivity contribution in [3.63, 3.8) is 0 Å². The average Bonchev–Trinajstić information content (AvgIpc) is 2.24. The van der Waals surface area contributed by atoms with Gasteiger partial charge in [0.25, 0.3) is 0 Å². The third-order valence-corrected chi connectivity index (χ3v) is 2.72. The van der Waals surface area contributed by atoms with Gasteiger partial charge in [-0.05, 0) is 19.2 Å². The molecule has 0 bridgehead atoms. The van der Waals surface area contributed by atoms with E-state index >= 15 is 0 Å². The second kappa shape index (κ2) is 6.97. The molecule has 0 radical (unpaired) electrons. The zero-order valence-corrected chi connectivity index (χ0v) is 10.8. The summed E-state index contributed by atoms with van der Waals surface area (Å²) in [5, 5.41) is 4.04. The second-order valence-corrected chi connectivity index (χ2v) is 4.14. The molecule has 3 nitrogen and oxygen atoms in total. The van der Waals surface area contributed by atoms with Gasteiger partial charge in [0.2, 0.25) is 0 Å². The maximum Gasteiger partial charge on any atom is 0.134 e. The van der Waals surface area contributed by atoms with Crippen LogP contribution in [0.5, 0.6) is 5.75 Å². The summed E-state index contributed by atoms with van der Waals surface area (Å²) >= 11 is 11.7. The Kier molecular flexibility index (Phi) is 5.91. The fourth-order valence-electron chi connectivity index (χ4n) is 1.29. The van der Waals surface area contributed by atoms with Crippen molar-refractivity contribution in [2.24, 2.45) is 0 Å². The standard InChI is InChI=1S/C11H15Cl2NO2/c1-14-6-9(7-15-2)16-8-3-4-10(12)11(13)5-8/h3-5,9,14H,6-7H2,1-2H3. The summed E-state index contributed by atoms with van der Waals surface area (Å²) in [5.74, 6) is 0.687. The summed E-state index contributed by atoms with van der Waals surface area (Å²) in [7, 11) is 3.50. The Morgan fingerprint density at radius 3 is 2.62 bits per heavy atom. The molecule has 0 aliphatic rings. The van der Waals surface area contributed by atoms with Gasteiger partial charge in [-0.15, -0.1) is 0 Å². The van der Waals surface area contributed by atoms with E-state index < -0.39 is 0 Å². The number of likely N-dealkylation sites (N-methyl/N-ethyl adjacent to an activating group) is 1. The van der Waals surface area contributed by atoms with E-state index in [0.717, 1.165) is 0 Å². The van der Waals surface area contributed by atoms with E-state index in [4.69, 9.17) is 32.7 Å². The van der Waals surface area contributed by atoms with E-state index in [2.05, 4.69) is 5.32 Å². The number of ether oxygens (including phenoxy) is 2. The van der Waals surface area contributed by atoms with Gasteiger partial charge in [0.15, 0.2) is 0 Å². The highest BCUT2D eigenvalue weighted by atomic mass is 35.5. The van der Waals surface area contributed by atoms with Crippen LogP contribution in [0.1, 0.15) is 0 Å². The summed E-state index contributed by atoms with van der Waals surface area (Å²) in [4.78, 5) is 0. The first kappa shape index (κ1) is 13.6. The first-order valence-corrected chi connectivity index (χ1v) is 5.68. The molecule has 0 saturated heterocycles. The largest absolute Gasteiger partial charge is 0.487 e. The predicted octanol–water partition coefficient (Wildman–Crippen LogP) is 2.61. The quantitative estimate of drug-likeness (QED) is 0.856. The third-order valence-electron chi connectivity index (χ3n) is 1.98.